The van der Waals surface area contributed by atoms with Crippen molar-refractivity contribution in [2.75, 3.05) is 11.9 Å². The molecule has 2 aromatic heterocycles. The van der Waals surface area contributed by atoms with E-state index in [0.29, 0.717) is 11.6 Å². The number of hydrogen-bond donors (Lipinski definition) is 1. The molecule has 1 amide bonds. The molecule has 0 aliphatic carbocycles. The van der Waals surface area contributed by atoms with Gasteiger partial charge in [-0.3, -0.25) is 9.20 Å². The average Bonchev–Trinajstić information content (AvgIpc) is 3.07. The van der Waals surface area contributed by atoms with Crippen LogP contribution >= 0.6 is 0 Å². The Morgan fingerprint density at radius 1 is 1.04 bits per heavy atom. The average molecular weight is 371 g/mol. The molecule has 5 nitrogen and oxygen atoms in total. The molecule has 0 saturated heterocycles. The molecule has 0 fully saturated rings. The third kappa shape index (κ3) is 3.60. The van der Waals surface area contributed by atoms with Crippen LogP contribution in [0.15, 0.2) is 72.9 Å². The smallest absolute Gasteiger partial charge is 0.263 e. The number of benzene rings is 2. The molecule has 4 aromatic rings. The van der Waals surface area contributed by atoms with Crippen molar-refractivity contribution < 1.29 is 9.53 Å². The molecule has 28 heavy (non-hydrogen) atoms. The highest BCUT2D eigenvalue weighted by Crippen LogP contribution is 2.29. The van der Waals surface area contributed by atoms with Crippen LogP contribution < -0.4 is 10.1 Å². The van der Waals surface area contributed by atoms with Gasteiger partial charge in [-0.2, -0.15) is 0 Å². The fraction of sp³-hybridized carbons (Fsp3) is 0.130. The van der Waals surface area contributed by atoms with Crippen molar-refractivity contribution >= 4 is 17.4 Å². The maximum absolute atomic E-state index is 12.6. The zero-order valence-corrected chi connectivity index (χ0v) is 15.8. The molecular formula is C23H21N3O2. The second-order valence-electron chi connectivity index (χ2n) is 6.71. The van der Waals surface area contributed by atoms with E-state index < -0.39 is 0 Å². The summed E-state index contributed by atoms with van der Waals surface area (Å²) in [6.45, 7) is 3.92. The molecule has 0 aliphatic heterocycles. The first-order valence-corrected chi connectivity index (χ1v) is 9.14. The molecular weight excluding hydrogens is 350 g/mol. The van der Waals surface area contributed by atoms with Gasteiger partial charge in [0.1, 0.15) is 22.9 Å². The Labute approximate surface area is 163 Å². The van der Waals surface area contributed by atoms with Crippen molar-refractivity contribution in [1.82, 2.24) is 9.38 Å². The van der Waals surface area contributed by atoms with Crippen molar-refractivity contribution in [3.63, 3.8) is 0 Å². The number of nitrogens with zero attached hydrogens (tertiary/aromatic N) is 2. The van der Waals surface area contributed by atoms with Crippen molar-refractivity contribution in [2.45, 2.75) is 13.8 Å². The van der Waals surface area contributed by atoms with Crippen LogP contribution in [0.2, 0.25) is 0 Å². The minimum Gasteiger partial charge on any atom is -0.484 e. The van der Waals surface area contributed by atoms with E-state index in [-0.39, 0.29) is 12.5 Å². The molecule has 0 radical (unpaired) electrons. The molecule has 0 spiro atoms. The van der Waals surface area contributed by atoms with Gasteiger partial charge in [-0.1, -0.05) is 48.5 Å². The van der Waals surface area contributed by atoms with Crippen LogP contribution in [0.1, 0.15) is 11.1 Å². The van der Waals surface area contributed by atoms with E-state index in [0.717, 1.165) is 28.0 Å². The number of aryl methyl sites for hydroxylation is 2. The lowest BCUT2D eigenvalue weighted by molar-refractivity contribution is -0.118. The Balaban J connectivity index is 1.63. The van der Waals surface area contributed by atoms with E-state index in [9.17, 15) is 4.79 Å². The molecule has 0 saturated carbocycles. The van der Waals surface area contributed by atoms with Crippen molar-refractivity contribution in [2.24, 2.45) is 0 Å². The molecule has 140 valence electrons. The number of pyridine rings is 1. The van der Waals surface area contributed by atoms with Crippen LogP contribution in [0.3, 0.4) is 0 Å². The zero-order chi connectivity index (χ0) is 19.5. The van der Waals surface area contributed by atoms with E-state index in [2.05, 4.69) is 5.32 Å². The van der Waals surface area contributed by atoms with E-state index in [4.69, 9.17) is 9.72 Å². The topological polar surface area (TPSA) is 55.6 Å². The number of carbonyl (C=O) groups excluding carboxylic acids is 1. The van der Waals surface area contributed by atoms with Gasteiger partial charge in [-0.15, -0.1) is 0 Å². The number of amides is 1. The first-order chi connectivity index (χ1) is 13.6. The summed E-state index contributed by atoms with van der Waals surface area (Å²) in [5, 5.41) is 2.98. The fourth-order valence-corrected chi connectivity index (χ4v) is 3.14. The van der Waals surface area contributed by atoms with E-state index in [1.165, 1.54) is 0 Å². The van der Waals surface area contributed by atoms with Gasteiger partial charge in [-0.05, 0) is 43.2 Å². The summed E-state index contributed by atoms with van der Waals surface area (Å²) in [6.07, 6.45) is 1.90. The van der Waals surface area contributed by atoms with Crippen LogP contribution in [-0.2, 0) is 4.79 Å². The summed E-state index contributed by atoms with van der Waals surface area (Å²) >= 11 is 0. The van der Waals surface area contributed by atoms with E-state index in [1.54, 1.807) is 0 Å². The summed E-state index contributed by atoms with van der Waals surface area (Å²) in [5.74, 6) is 1.08. The number of nitrogens with one attached hydrogen (secondary N) is 1. The monoisotopic (exact) mass is 371 g/mol. The van der Waals surface area contributed by atoms with Gasteiger partial charge in [0.05, 0.1) is 0 Å². The van der Waals surface area contributed by atoms with Gasteiger partial charge < -0.3 is 10.1 Å². The third-order valence-electron chi connectivity index (χ3n) is 4.51. The van der Waals surface area contributed by atoms with Crippen LogP contribution in [0.4, 0.5) is 5.82 Å². The SMILES string of the molecule is Cc1cccc(OCC(=O)Nc2c(-c3ccccc3)nc3c(C)cccn23)c1. The number of anilines is 1. The fourth-order valence-electron chi connectivity index (χ4n) is 3.14. The Morgan fingerprint density at radius 3 is 2.64 bits per heavy atom. The molecule has 0 bridgehead atoms. The van der Waals surface area contributed by atoms with Crippen molar-refractivity contribution in [3.8, 4) is 17.0 Å². The van der Waals surface area contributed by atoms with E-state index in [1.807, 2.05) is 91.2 Å². The van der Waals surface area contributed by atoms with Crippen molar-refractivity contribution in [1.29, 1.82) is 0 Å². The predicted molar refractivity (Wildman–Crippen MR) is 111 cm³/mol. The lowest BCUT2D eigenvalue weighted by atomic mass is 10.1. The predicted octanol–water partition coefficient (Wildman–Crippen LogP) is 4.64. The standard InChI is InChI=1S/C23H21N3O2/c1-16-8-6-12-19(14-16)28-15-20(27)24-23-21(18-10-4-3-5-11-18)25-22-17(2)9-7-13-26(22)23/h3-14H,15H2,1-2H3,(H,24,27). The first-order valence-electron chi connectivity index (χ1n) is 9.14. The molecule has 0 atom stereocenters. The molecule has 4 rings (SSSR count). The van der Waals surface area contributed by atoms with Gasteiger partial charge in [0.15, 0.2) is 6.61 Å². The van der Waals surface area contributed by atoms with Gasteiger partial charge in [0.25, 0.3) is 5.91 Å². The van der Waals surface area contributed by atoms with Gasteiger partial charge in [0, 0.05) is 11.8 Å². The largest absolute Gasteiger partial charge is 0.484 e. The molecule has 2 aromatic carbocycles. The Bertz CT molecular complexity index is 1130. The second-order valence-corrected chi connectivity index (χ2v) is 6.71. The van der Waals surface area contributed by atoms with Crippen molar-refractivity contribution in [3.05, 3.63) is 84.1 Å². The number of carbonyl (C=O) groups is 1. The highest BCUT2D eigenvalue weighted by Gasteiger charge is 2.17. The maximum atomic E-state index is 12.6. The summed E-state index contributed by atoms with van der Waals surface area (Å²) in [7, 11) is 0. The molecule has 5 heteroatoms. The van der Waals surface area contributed by atoms with Crippen LogP contribution in [0.5, 0.6) is 5.75 Å². The second kappa shape index (κ2) is 7.56. The quantitative estimate of drug-likeness (QED) is 0.556. The van der Waals surface area contributed by atoms with E-state index >= 15 is 0 Å². The molecule has 0 unspecified atom stereocenters. The van der Waals surface area contributed by atoms with Gasteiger partial charge in [-0.25, -0.2) is 4.98 Å². The highest BCUT2D eigenvalue weighted by atomic mass is 16.5. The van der Waals surface area contributed by atoms with Crippen LogP contribution in [-0.4, -0.2) is 21.9 Å². The zero-order valence-electron chi connectivity index (χ0n) is 15.8. The van der Waals surface area contributed by atoms with Crippen LogP contribution in [0.25, 0.3) is 16.9 Å². The normalized spacial score (nSPS) is 10.8. The minimum atomic E-state index is -0.234. The Kier molecular flexibility index (Phi) is 4.81. The summed E-state index contributed by atoms with van der Waals surface area (Å²) in [4.78, 5) is 17.4. The molecule has 2 heterocycles. The number of imidazole rings is 1. The summed E-state index contributed by atoms with van der Waals surface area (Å²) < 4.78 is 7.54. The number of ether oxygens (including phenoxy) is 1. The van der Waals surface area contributed by atoms with Gasteiger partial charge in [0.2, 0.25) is 0 Å². The summed E-state index contributed by atoms with van der Waals surface area (Å²) in [5.41, 5.74) is 4.62. The highest BCUT2D eigenvalue weighted by molar-refractivity contribution is 5.95. The minimum absolute atomic E-state index is 0.0727. The molecule has 1 N–H and O–H groups in total. The molecule has 0 aliphatic rings. The summed E-state index contributed by atoms with van der Waals surface area (Å²) in [6, 6.07) is 21.4. The Hall–Kier alpha value is -3.60. The maximum Gasteiger partial charge on any atom is 0.263 e. The number of rotatable bonds is 5. The Morgan fingerprint density at radius 2 is 1.86 bits per heavy atom. The lowest BCUT2D eigenvalue weighted by Crippen LogP contribution is -2.21. The van der Waals surface area contributed by atoms with Crippen LogP contribution in [0, 0.1) is 13.8 Å². The number of aromatic nitrogens is 2. The lowest BCUT2D eigenvalue weighted by Gasteiger charge is -2.10. The van der Waals surface area contributed by atoms with Gasteiger partial charge >= 0.3 is 0 Å². The number of hydrogen-bond acceptors (Lipinski definition) is 3. The third-order valence-corrected chi connectivity index (χ3v) is 4.51. The first kappa shape index (κ1) is 17.8. The number of fused-ring (bicyclic) bond motifs is 1.